The van der Waals surface area contributed by atoms with Crippen LogP contribution in [0.2, 0.25) is 0 Å². The first-order chi connectivity index (χ1) is 18.5. The summed E-state index contributed by atoms with van der Waals surface area (Å²) in [6, 6.07) is 20.8. The van der Waals surface area contributed by atoms with Crippen LogP contribution in [0.3, 0.4) is 0 Å². The van der Waals surface area contributed by atoms with Crippen molar-refractivity contribution in [3.8, 4) is 17.2 Å². The molecule has 10 heteroatoms. The van der Waals surface area contributed by atoms with Crippen LogP contribution in [-0.2, 0) is 11.2 Å². The van der Waals surface area contributed by atoms with Crippen LogP contribution in [0.4, 0.5) is 16.2 Å². The Morgan fingerprint density at radius 3 is 2.32 bits per heavy atom. The van der Waals surface area contributed by atoms with Crippen molar-refractivity contribution in [2.45, 2.75) is 11.7 Å². The van der Waals surface area contributed by atoms with Gasteiger partial charge >= 0.3 is 0 Å². The first kappa shape index (κ1) is 25.5. The number of thioether (sulfide) groups is 1. The molecule has 3 aromatic rings. The summed E-state index contributed by atoms with van der Waals surface area (Å²) in [6.07, 6.45) is 0.466. The number of benzene rings is 3. The molecule has 1 fully saturated rings. The predicted octanol–water partition coefficient (Wildman–Crippen LogP) is 4.23. The Kier molecular flexibility index (Phi) is 7.41. The van der Waals surface area contributed by atoms with Crippen molar-refractivity contribution in [3.63, 3.8) is 0 Å². The summed E-state index contributed by atoms with van der Waals surface area (Å²) >= 11 is 1.01. The number of carbonyl (C=O) groups excluding carboxylic acids is 3. The third kappa shape index (κ3) is 5.26. The number of para-hydroxylation sites is 1. The fraction of sp³-hybridized carbons (Fsp3) is 0.250. The van der Waals surface area contributed by atoms with E-state index in [0.717, 1.165) is 28.7 Å². The minimum absolute atomic E-state index is 0.117. The third-order valence-electron chi connectivity index (χ3n) is 6.43. The number of nitrogens with one attached hydrogen (secondary N) is 1. The minimum Gasteiger partial charge on any atom is -0.493 e. The summed E-state index contributed by atoms with van der Waals surface area (Å²) in [5, 5.41) is 1.59. The highest BCUT2D eigenvalue weighted by atomic mass is 32.2. The quantitative estimate of drug-likeness (QED) is 0.437. The zero-order valence-electron chi connectivity index (χ0n) is 21.0. The molecule has 196 valence electrons. The number of ether oxygens (including phenoxy) is 3. The Bertz CT molecular complexity index is 1350. The van der Waals surface area contributed by atoms with Gasteiger partial charge in [-0.2, -0.15) is 0 Å². The Labute approximate surface area is 224 Å². The fourth-order valence-corrected chi connectivity index (χ4v) is 5.34. The van der Waals surface area contributed by atoms with Gasteiger partial charge in [0.15, 0.2) is 11.5 Å². The molecule has 0 aliphatic carbocycles. The molecular formula is C28H27N3O6S. The van der Waals surface area contributed by atoms with Crippen LogP contribution < -0.4 is 24.4 Å². The first-order valence-electron chi connectivity index (χ1n) is 12.1. The molecule has 0 bridgehead atoms. The summed E-state index contributed by atoms with van der Waals surface area (Å²) in [5.41, 5.74) is 3.16. The maximum absolute atomic E-state index is 13.5. The van der Waals surface area contributed by atoms with Crippen LogP contribution in [0, 0.1) is 0 Å². The fourth-order valence-electron chi connectivity index (χ4n) is 4.48. The maximum Gasteiger partial charge on any atom is 0.286 e. The van der Waals surface area contributed by atoms with Crippen molar-refractivity contribution in [1.82, 2.24) is 10.2 Å². The van der Waals surface area contributed by atoms with Crippen LogP contribution in [-0.4, -0.2) is 61.2 Å². The highest BCUT2D eigenvalue weighted by Gasteiger charge is 2.33. The number of fused-ring (bicyclic) bond motifs is 1. The molecule has 1 N–H and O–H groups in total. The number of anilines is 2. The van der Waals surface area contributed by atoms with Crippen molar-refractivity contribution >= 4 is 40.2 Å². The Morgan fingerprint density at radius 2 is 1.66 bits per heavy atom. The van der Waals surface area contributed by atoms with Gasteiger partial charge < -0.3 is 24.0 Å². The second-order valence-corrected chi connectivity index (χ2v) is 9.95. The molecule has 38 heavy (non-hydrogen) atoms. The van der Waals surface area contributed by atoms with E-state index < -0.39 is 5.25 Å². The van der Waals surface area contributed by atoms with E-state index in [1.807, 2.05) is 60.7 Å². The SMILES string of the molecule is COc1cc2c(cc1OC)N(c1ccccc1)CN(CCOc1ccc(CC3SC(=O)NC3=O)cc1)C2=O. The lowest BCUT2D eigenvalue weighted by molar-refractivity contribution is -0.118. The van der Waals surface area contributed by atoms with Crippen molar-refractivity contribution in [1.29, 1.82) is 0 Å². The molecule has 2 heterocycles. The van der Waals surface area contributed by atoms with Gasteiger partial charge in [-0.15, -0.1) is 0 Å². The van der Waals surface area contributed by atoms with Gasteiger partial charge in [0.2, 0.25) is 5.91 Å². The molecule has 0 radical (unpaired) electrons. The molecule has 2 aliphatic heterocycles. The summed E-state index contributed by atoms with van der Waals surface area (Å²) < 4.78 is 16.9. The lowest BCUT2D eigenvalue weighted by atomic mass is 10.1. The Morgan fingerprint density at radius 1 is 0.947 bits per heavy atom. The average molecular weight is 534 g/mol. The summed E-state index contributed by atoms with van der Waals surface area (Å²) in [5.74, 6) is 1.33. The molecule has 3 aromatic carbocycles. The first-order valence-corrected chi connectivity index (χ1v) is 13.0. The van der Waals surface area contributed by atoms with Gasteiger partial charge in [-0.05, 0) is 42.3 Å². The summed E-state index contributed by atoms with van der Waals surface area (Å²) in [7, 11) is 3.12. The van der Waals surface area contributed by atoms with E-state index >= 15 is 0 Å². The number of imide groups is 1. The van der Waals surface area contributed by atoms with Gasteiger partial charge in [0.1, 0.15) is 12.4 Å². The number of amides is 3. The van der Waals surface area contributed by atoms with Gasteiger partial charge in [0, 0.05) is 11.8 Å². The van der Waals surface area contributed by atoms with Crippen molar-refractivity contribution < 1.29 is 28.6 Å². The highest BCUT2D eigenvalue weighted by molar-refractivity contribution is 8.15. The van der Waals surface area contributed by atoms with E-state index in [-0.39, 0.29) is 17.1 Å². The van der Waals surface area contributed by atoms with E-state index in [9.17, 15) is 14.4 Å². The highest BCUT2D eigenvalue weighted by Crippen LogP contribution is 2.40. The maximum atomic E-state index is 13.5. The van der Waals surface area contributed by atoms with Crippen LogP contribution in [0.25, 0.3) is 0 Å². The Hall–Kier alpha value is -4.18. The van der Waals surface area contributed by atoms with Crippen LogP contribution >= 0.6 is 11.8 Å². The molecular weight excluding hydrogens is 506 g/mol. The number of hydrogen-bond donors (Lipinski definition) is 1. The number of hydrogen-bond acceptors (Lipinski definition) is 8. The minimum atomic E-state index is -0.409. The van der Waals surface area contributed by atoms with Gasteiger partial charge in [0.05, 0.1) is 43.9 Å². The molecule has 0 aromatic heterocycles. The topological polar surface area (TPSA) is 97.4 Å². The van der Waals surface area contributed by atoms with Crippen molar-refractivity contribution in [3.05, 3.63) is 77.9 Å². The summed E-state index contributed by atoms with van der Waals surface area (Å²) in [4.78, 5) is 40.4. The van der Waals surface area contributed by atoms with Gasteiger partial charge in [0.25, 0.3) is 11.1 Å². The van der Waals surface area contributed by atoms with E-state index in [1.165, 1.54) is 0 Å². The van der Waals surface area contributed by atoms with Gasteiger partial charge in [-0.1, -0.05) is 42.1 Å². The van der Waals surface area contributed by atoms with E-state index in [4.69, 9.17) is 14.2 Å². The largest absolute Gasteiger partial charge is 0.493 e. The number of rotatable bonds is 9. The van der Waals surface area contributed by atoms with Crippen molar-refractivity contribution in [2.75, 3.05) is 38.9 Å². The molecule has 0 saturated carbocycles. The normalized spacial score (nSPS) is 16.8. The smallest absolute Gasteiger partial charge is 0.286 e. The molecule has 2 aliphatic rings. The third-order valence-corrected chi connectivity index (χ3v) is 7.41. The molecule has 3 amide bonds. The molecule has 1 atom stereocenters. The lowest BCUT2D eigenvalue weighted by Crippen LogP contribution is -2.46. The molecule has 9 nitrogen and oxygen atoms in total. The van der Waals surface area contributed by atoms with Gasteiger partial charge in [-0.3, -0.25) is 19.7 Å². The lowest BCUT2D eigenvalue weighted by Gasteiger charge is -2.38. The Balaban J connectivity index is 1.27. The zero-order chi connectivity index (χ0) is 26.6. The van der Waals surface area contributed by atoms with E-state index in [1.54, 1.807) is 25.2 Å². The number of carbonyl (C=O) groups is 3. The predicted molar refractivity (Wildman–Crippen MR) is 145 cm³/mol. The van der Waals surface area contributed by atoms with E-state index in [2.05, 4.69) is 10.2 Å². The number of nitrogens with zero attached hydrogens (tertiary/aromatic N) is 2. The van der Waals surface area contributed by atoms with Crippen molar-refractivity contribution in [2.24, 2.45) is 0 Å². The monoisotopic (exact) mass is 533 g/mol. The van der Waals surface area contributed by atoms with E-state index in [0.29, 0.717) is 49.1 Å². The van der Waals surface area contributed by atoms with Crippen LogP contribution in [0.5, 0.6) is 17.2 Å². The van der Waals surface area contributed by atoms with Gasteiger partial charge in [-0.25, -0.2) is 0 Å². The van der Waals surface area contributed by atoms with Crippen LogP contribution in [0.1, 0.15) is 15.9 Å². The second-order valence-electron chi connectivity index (χ2n) is 8.78. The zero-order valence-corrected chi connectivity index (χ0v) is 21.8. The number of methoxy groups -OCH3 is 2. The molecule has 1 saturated heterocycles. The average Bonchev–Trinajstić information content (AvgIpc) is 3.26. The summed E-state index contributed by atoms with van der Waals surface area (Å²) in [6.45, 7) is 1.03. The van der Waals surface area contributed by atoms with Crippen LogP contribution in [0.15, 0.2) is 66.7 Å². The molecule has 5 rings (SSSR count). The molecule has 1 unspecified atom stereocenters. The standard InChI is InChI=1S/C28H27N3O6S/c1-35-23-15-21-22(16-24(23)36-2)31(19-6-4-3-5-7-19)17-30(27(21)33)12-13-37-20-10-8-18(9-11-20)14-25-26(32)29-28(34)38-25/h3-11,15-16,25H,12-14,17H2,1-2H3,(H,29,32,34). The molecule has 0 spiro atoms. The second kappa shape index (κ2) is 11.1.